The molecule has 0 saturated carbocycles. The van der Waals surface area contributed by atoms with Crippen molar-refractivity contribution < 1.29 is 24.3 Å². The minimum absolute atomic E-state index is 0.00966. The highest BCUT2D eigenvalue weighted by Crippen LogP contribution is 2.20. The molecule has 2 aromatic rings. The summed E-state index contributed by atoms with van der Waals surface area (Å²) in [5, 5.41) is 17.6. The molecule has 1 heterocycles. The number of hydrogen-bond acceptors (Lipinski definition) is 5. The van der Waals surface area contributed by atoms with Gasteiger partial charge in [-0.15, -0.1) is 0 Å². The van der Waals surface area contributed by atoms with Crippen molar-refractivity contribution in [1.82, 2.24) is 10.8 Å². The van der Waals surface area contributed by atoms with E-state index in [1.54, 1.807) is 24.3 Å². The summed E-state index contributed by atoms with van der Waals surface area (Å²) in [6.45, 7) is 6.06. The largest absolute Gasteiger partial charge is 0.481 e. The van der Waals surface area contributed by atoms with Crippen LogP contribution in [-0.2, 0) is 20.8 Å². The molecule has 1 aliphatic heterocycles. The Balaban J connectivity index is 1.54. The number of carbonyl (C=O) groups is 3. The van der Waals surface area contributed by atoms with Gasteiger partial charge in [0.25, 0.3) is 0 Å². The molecule has 0 spiro atoms. The van der Waals surface area contributed by atoms with Gasteiger partial charge in [-0.05, 0) is 61.1 Å². The number of hydroxylamine groups is 1. The molecule has 2 aromatic carbocycles. The molecule has 2 unspecified atom stereocenters. The monoisotopic (exact) mass is 494 g/mol. The van der Waals surface area contributed by atoms with Crippen LogP contribution < -0.4 is 21.4 Å². The van der Waals surface area contributed by atoms with Crippen LogP contribution in [0.1, 0.15) is 44.2 Å². The van der Waals surface area contributed by atoms with Crippen molar-refractivity contribution in [2.45, 2.75) is 58.6 Å². The molecule has 36 heavy (non-hydrogen) atoms. The van der Waals surface area contributed by atoms with Crippen molar-refractivity contribution in [3.63, 3.8) is 0 Å². The normalized spacial score (nSPS) is 15.6. The first-order valence-corrected chi connectivity index (χ1v) is 12.1. The molecule has 5 N–H and O–H groups in total. The van der Waals surface area contributed by atoms with Crippen LogP contribution in [0.2, 0.25) is 0 Å². The van der Waals surface area contributed by atoms with Gasteiger partial charge in [0.1, 0.15) is 6.10 Å². The zero-order chi connectivity index (χ0) is 26.1. The molecule has 1 aliphatic rings. The van der Waals surface area contributed by atoms with Crippen LogP contribution in [0.25, 0.3) is 0 Å². The van der Waals surface area contributed by atoms with Gasteiger partial charge in [0, 0.05) is 17.8 Å². The second-order valence-electron chi connectivity index (χ2n) is 9.33. The molecule has 0 fully saturated rings. The molecule has 3 amide bonds. The third-order valence-corrected chi connectivity index (χ3v) is 5.72. The van der Waals surface area contributed by atoms with Gasteiger partial charge in [-0.2, -0.15) is 0 Å². The van der Waals surface area contributed by atoms with Gasteiger partial charge in [-0.1, -0.05) is 44.2 Å². The number of para-hydroxylation sites is 1. The Morgan fingerprint density at radius 2 is 1.78 bits per heavy atom. The Morgan fingerprint density at radius 1 is 1.06 bits per heavy atom. The van der Waals surface area contributed by atoms with Crippen molar-refractivity contribution in [3.05, 3.63) is 71.4 Å². The molecule has 0 saturated heterocycles. The standard InChI is InChI=1S/C27H34N4O5/c1-17(2)14-23(24-16-21(36-31-24)12-13-26(33)34)29-25(32)15-19-8-10-20(11-9-19)28-27(35)30-22-7-5-4-6-18(22)3/h4-11,16-17,21,23,31H,12-15H2,1-3H3,(H,29,32)(H,33,34)(H2,28,30,35). The third kappa shape index (κ3) is 8.42. The van der Waals surface area contributed by atoms with E-state index in [1.807, 2.05) is 37.3 Å². The fourth-order valence-electron chi connectivity index (χ4n) is 3.88. The number of carboxylic acids is 1. The van der Waals surface area contributed by atoms with Crippen LogP contribution in [0, 0.1) is 12.8 Å². The predicted octanol–water partition coefficient (Wildman–Crippen LogP) is 4.36. The zero-order valence-corrected chi connectivity index (χ0v) is 20.8. The summed E-state index contributed by atoms with van der Waals surface area (Å²) in [6.07, 6.45) is 2.76. The first-order valence-electron chi connectivity index (χ1n) is 12.1. The average molecular weight is 495 g/mol. The highest BCUT2D eigenvalue weighted by atomic mass is 16.7. The minimum Gasteiger partial charge on any atom is -0.481 e. The van der Waals surface area contributed by atoms with Crippen LogP contribution in [0.3, 0.4) is 0 Å². The Hall–Kier alpha value is -3.85. The third-order valence-electron chi connectivity index (χ3n) is 5.72. The smallest absolute Gasteiger partial charge is 0.323 e. The Bertz CT molecular complexity index is 1100. The number of anilines is 2. The summed E-state index contributed by atoms with van der Waals surface area (Å²) in [5.74, 6) is -0.691. The van der Waals surface area contributed by atoms with E-state index in [0.717, 1.165) is 22.5 Å². The molecular weight excluding hydrogens is 460 g/mol. The van der Waals surface area contributed by atoms with Gasteiger partial charge in [0.05, 0.1) is 18.2 Å². The van der Waals surface area contributed by atoms with Crippen molar-refractivity contribution in [1.29, 1.82) is 0 Å². The number of carbonyl (C=O) groups excluding carboxylic acids is 2. The number of aliphatic carboxylic acids is 1. The first kappa shape index (κ1) is 26.7. The maximum absolute atomic E-state index is 12.8. The maximum atomic E-state index is 12.8. The maximum Gasteiger partial charge on any atom is 0.323 e. The summed E-state index contributed by atoms with van der Waals surface area (Å²) < 4.78 is 0. The zero-order valence-electron chi connectivity index (χ0n) is 20.8. The van der Waals surface area contributed by atoms with Gasteiger partial charge in [0.2, 0.25) is 5.91 Å². The van der Waals surface area contributed by atoms with Crippen molar-refractivity contribution in [2.75, 3.05) is 10.6 Å². The number of carboxylic acid groups (broad SMARTS) is 1. The number of amides is 3. The number of aryl methyl sites for hydroxylation is 1. The second kappa shape index (κ2) is 12.7. The number of rotatable bonds is 11. The highest BCUT2D eigenvalue weighted by Gasteiger charge is 2.25. The lowest BCUT2D eigenvalue weighted by atomic mass is 9.99. The van der Waals surface area contributed by atoms with E-state index in [-0.39, 0.29) is 36.9 Å². The first-order chi connectivity index (χ1) is 17.2. The van der Waals surface area contributed by atoms with Crippen LogP contribution in [0.4, 0.5) is 16.2 Å². The van der Waals surface area contributed by atoms with Gasteiger partial charge < -0.3 is 21.1 Å². The summed E-state index contributed by atoms with van der Waals surface area (Å²) in [7, 11) is 0. The molecule has 0 bridgehead atoms. The van der Waals surface area contributed by atoms with E-state index < -0.39 is 5.97 Å². The summed E-state index contributed by atoms with van der Waals surface area (Å²) in [5.41, 5.74) is 6.74. The predicted molar refractivity (Wildman–Crippen MR) is 138 cm³/mol. The number of hydrogen-bond donors (Lipinski definition) is 5. The van der Waals surface area contributed by atoms with E-state index in [9.17, 15) is 14.4 Å². The molecule has 0 aromatic heterocycles. The van der Waals surface area contributed by atoms with E-state index in [0.29, 0.717) is 24.4 Å². The molecule has 9 heteroatoms. The fraction of sp³-hybridized carbons (Fsp3) is 0.370. The molecule has 2 atom stereocenters. The van der Waals surface area contributed by atoms with E-state index in [1.165, 1.54) is 0 Å². The lowest BCUT2D eigenvalue weighted by molar-refractivity contribution is -0.137. The van der Waals surface area contributed by atoms with Crippen LogP contribution in [0.5, 0.6) is 0 Å². The second-order valence-corrected chi connectivity index (χ2v) is 9.33. The Morgan fingerprint density at radius 3 is 2.44 bits per heavy atom. The fourth-order valence-corrected chi connectivity index (χ4v) is 3.88. The van der Waals surface area contributed by atoms with E-state index in [2.05, 4.69) is 35.3 Å². The van der Waals surface area contributed by atoms with E-state index in [4.69, 9.17) is 9.94 Å². The molecular formula is C27H34N4O5. The molecule has 192 valence electrons. The van der Waals surface area contributed by atoms with Crippen LogP contribution >= 0.6 is 0 Å². The summed E-state index contributed by atoms with van der Waals surface area (Å²) >= 11 is 0. The minimum atomic E-state index is -0.874. The Kier molecular flexibility index (Phi) is 9.46. The topological polar surface area (TPSA) is 129 Å². The van der Waals surface area contributed by atoms with Crippen LogP contribution in [0.15, 0.2) is 60.3 Å². The quantitative estimate of drug-likeness (QED) is 0.316. The molecule has 0 radical (unpaired) electrons. The van der Waals surface area contributed by atoms with Crippen molar-refractivity contribution in [2.24, 2.45) is 5.92 Å². The van der Waals surface area contributed by atoms with Gasteiger partial charge in [-0.25, -0.2) is 4.79 Å². The number of benzene rings is 2. The van der Waals surface area contributed by atoms with Gasteiger partial charge in [0.15, 0.2) is 0 Å². The molecule has 3 rings (SSSR count). The Labute approximate surface area is 211 Å². The number of urea groups is 1. The van der Waals surface area contributed by atoms with Gasteiger partial charge in [-0.3, -0.25) is 19.9 Å². The van der Waals surface area contributed by atoms with Crippen LogP contribution in [-0.4, -0.2) is 35.2 Å². The summed E-state index contributed by atoms with van der Waals surface area (Å²) in [4.78, 5) is 41.4. The lowest BCUT2D eigenvalue weighted by Crippen LogP contribution is -2.40. The SMILES string of the molecule is Cc1ccccc1NC(=O)Nc1ccc(CC(=O)NC(CC(C)C)C2=CC(CCC(=O)O)ON2)cc1. The van der Waals surface area contributed by atoms with Crippen molar-refractivity contribution >= 4 is 29.3 Å². The molecule has 9 nitrogen and oxygen atoms in total. The lowest BCUT2D eigenvalue weighted by Gasteiger charge is -2.21. The summed E-state index contributed by atoms with van der Waals surface area (Å²) in [6, 6.07) is 14.0. The van der Waals surface area contributed by atoms with Gasteiger partial charge >= 0.3 is 12.0 Å². The number of nitrogens with one attached hydrogen (secondary N) is 4. The molecule has 0 aliphatic carbocycles. The average Bonchev–Trinajstić information content (AvgIpc) is 3.29. The van der Waals surface area contributed by atoms with Crippen molar-refractivity contribution in [3.8, 4) is 0 Å². The van der Waals surface area contributed by atoms with E-state index >= 15 is 0 Å². The highest BCUT2D eigenvalue weighted by molar-refractivity contribution is 6.00.